The first kappa shape index (κ1) is 35.5. The van der Waals surface area contributed by atoms with Gasteiger partial charge in [-0.15, -0.1) is 5.54 Å². The SMILES string of the molecule is CC(C)[Si](C#Cc1c(F)ccc2cc(O)cc(-c3c(F)c4nc(OC[C@@]56CCCN5C[C@H](F)C6)nc(Cl)c4c4cn(C)nc34)c12)(C(C)C)C(C)C. The van der Waals surface area contributed by atoms with Crippen molar-refractivity contribution < 1.29 is 23.0 Å². The molecule has 0 bridgehead atoms. The van der Waals surface area contributed by atoms with E-state index >= 15 is 8.78 Å². The largest absolute Gasteiger partial charge is 0.508 e. The molecule has 0 unspecified atom stereocenters. The molecule has 0 radical (unpaired) electrons. The zero-order chi connectivity index (χ0) is 36.6. The summed E-state index contributed by atoms with van der Waals surface area (Å²) in [5.74, 6) is 1.83. The van der Waals surface area contributed by atoms with Gasteiger partial charge in [-0.1, -0.05) is 65.1 Å². The van der Waals surface area contributed by atoms with E-state index < -0.39 is 31.4 Å². The molecule has 2 atom stereocenters. The second-order valence-electron chi connectivity index (χ2n) is 15.3. The fourth-order valence-corrected chi connectivity index (χ4v) is 14.7. The van der Waals surface area contributed by atoms with Gasteiger partial charge in [0.2, 0.25) is 0 Å². The minimum Gasteiger partial charge on any atom is -0.508 e. The molecule has 5 aromatic rings. The van der Waals surface area contributed by atoms with E-state index in [4.69, 9.17) is 16.3 Å². The van der Waals surface area contributed by atoms with Gasteiger partial charge >= 0.3 is 6.01 Å². The summed E-state index contributed by atoms with van der Waals surface area (Å²) < 4.78 is 55.5. The Labute approximate surface area is 302 Å². The zero-order valence-electron chi connectivity index (χ0n) is 30.0. The third-order valence-corrected chi connectivity index (χ3v) is 18.0. The first-order chi connectivity index (χ1) is 24.2. The Balaban J connectivity index is 1.46. The van der Waals surface area contributed by atoms with Crippen LogP contribution in [0.4, 0.5) is 13.2 Å². The smallest absolute Gasteiger partial charge is 0.318 e. The number of halogens is 4. The number of aromatic nitrogens is 4. The molecule has 2 aliphatic heterocycles. The second kappa shape index (κ2) is 13.0. The Morgan fingerprint density at radius 2 is 1.78 bits per heavy atom. The Hall–Kier alpha value is -3.85. The lowest BCUT2D eigenvalue weighted by atomic mass is 9.91. The molecule has 12 heteroatoms. The number of ether oxygens (including phenoxy) is 1. The first-order valence-corrected chi connectivity index (χ1v) is 20.3. The summed E-state index contributed by atoms with van der Waals surface area (Å²) in [6.07, 6.45) is 2.83. The van der Waals surface area contributed by atoms with Crippen LogP contribution in [0.3, 0.4) is 0 Å². The summed E-state index contributed by atoms with van der Waals surface area (Å²) in [7, 11) is -0.589. The van der Waals surface area contributed by atoms with E-state index in [1.165, 1.54) is 22.9 Å². The van der Waals surface area contributed by atoms with Crippen LogP contribution in [0, 0.1) is 23.1 Å². The molecule has 7 nitrogen and oxygen atoms in total. The van der Waals surface area contributed by atoms with Gasteiger partial charge in [-0.3, -0.25) is 9.58 Å². The molecule has 0 saturated carbocycles. The number of phenolic OH excluding ortho intramolecular Hbond substituents is 1. The van der Waals surface area contributed by atoms with E-state index in [9.17, 15) is 9.50 Å². The maximum atomic E-state index is 17.3. The van der Waals surface area contributed by atoms with E-state index in [-0.39, 0.29) is 56.6 Å². The van der Waals surface area contributed by atoms with Crippen molar-refractivity contribution >= 4 is 52.3 Å². The fraction of sp³-hybridized carbons (Fsp3) is 0.462. The molecule has 7 rings (SSSR count). The predicted octanol–water partition coefficient (Wildman–Crippen LogP) is 9.50. The van der Waals surface area contributed by atoms with Gasteiger partial charge in [0, 0.05) is 42.5 Å². The number of fused-ring (bicyclic) bond motifs is 5. The van der Waals surface area contributed by atoms with Crippen molar-refractivity contribution in [3.63, 3.8) is 0 Å². The number of benzene rings is 3. The molecule has 0 spiro atoms. The highest BCUT2D eigenvalue weighted by Gasteiger charge is 2.49. The first-order valence-electron chi connectivity index (χ1n) is 17.7. The molecule has 0 amide bonds. The Bertz CT molecular complexity index is 2240. The van der Waals surface area contributed by atoms with Gasteiger partial charge in [0.05, 0.1) is 16.5 Å². The molecule has 2 fully saturated rings. The average Bonchev–Trinajstić information content (AvgIpc) is 3.71. The molecule has 4 heterocycles. The molecule has 1 N–H and O–H groups in total. The third kappa shape index (κ3) is 5.74. The highest BCUT2D eigenvalue weighted by atomic mass is 35.5. The summed E-state index contributed by atoms with van der Waals surface area (Å²) in [6, 6.07) is 5.72. The van der Waals surface area contributed by atoms with Crippen LogP contribution in [0.1, 0.15) is 66.4 Å². The van der Waals surface area contributed by atoms with Crippen LogP contribution in [-0.2, 0) is 7.05 Å². The molecule has 51 heavy (non-hydrogen) atoms. The summed E-state index contributed by atoms with van der Waals surface area (Å²) >= 11 is 6.77. The minimum absolute atomic E-state index is 0.0186. The quantitative estimate of drug-likeness (QED) is 0.102. The Kier molecular flexibility index (Phi) is 9.04. The summed E-state index contributed by atoms with van der Waals surface area (Å²) in [5, 5.41) is 17.2. The van der Waals surface area contributed by atoms with Crippen molar-refractivity contribution in [2.45, 2.75) is 89.1 Å². The number of rotatable bonds is 7. The maximum Gasteiger partial charge on any atom is 0.318 e. The van der Waals surface area contributed by atoms with Crippen LogP contribution >= 0.6 is 11.6 Å². The molecule has 2 saturated heterocycles. The van der Waals surface area contributed by atoms with Crippen LogP contribution in [0.15, 0.2) is 30.5 Å². The van der Waals surface area contributed by atoms with Crippen molar-refractivity contribution in [1.82, 2.24) is 24.6 Å². The van der Waals surface area contributed by atoms with Gasteiger partial charge in [0.1, 0.15) is 48.6 Å². The number of hydrogen-bond acceptors (Lipinski definition) is 6. The van der Waals surface area contributed by atoms with Crippen LogP contribution < -0.4 is 4.74 Å². The van der Waals surface area contributed by atoms with Gasteiger partial charge < -0.3 is 9.84 Å². The maximum absolute atomic E-state index is 17.3. The zero-order valence-corrected chi connectivity index (χ0v) is 31.8. The van der Waals surface area contributed by atoms with Crippen LogP contribution in [0.2, 0.25) is 21.8 Å². The van der Waals surface area contributed by atoms with E-state index in [1.54, 1.807) is 19.3 Å². The number of aromatic hydroxyl groups is 1. The van der Waals surface area contributed by atoms with E-state index in [2.05, 4.69) is 73.0 Å². The molecule has 0 aliphatic carbocycles. The molecule has 2 aliphatic rings. The lowest BCUT2D eigenvalue weighted by Crippen LogP contribution is -2.43. The molecular weight excluding hydrogens is 691 g/mol. The van der Waals surface area contributed by atoms with Crippen molar-refractivity contribution in [1.29, 1.82) is 0 Å². The topological polar surface area (TPSA) is 76.3 Å². The molecule has 2 aromatic heterocycles. The molecule has 3 aromatic carbocycles. The summed E-state index contributed by atoms with van der Waals surface area (Å²) in [4.78, 5) is 11.0. The minimum atomic E-state index is -2.30. The fourth-order valence-electron chi connectivity index (χ4n) is 9.20. The van der Waals surface area contributed by atoms with Gasteiger partial charge in [-0.25, -0.2) is 13.2 Å². The van der Waals surface area contributed by atoms with Gasteiger partial charge in [-0.05, 0) is 65.2 Å². The highest BCUT2D eigenvalue weighted by Crippen LogP contribution is 2.46. The second-order valence-corrected chi connectivity index (χ2v) is 21.2. The number of alkyl halides is 1. The standard InChI is InChI=1S/C39H43ClF3N5O2Si/c1-21(2)51(22(3)4,23(5)6)14-11-27-30(42)10-9-24-15-26(49)16-28(31(24)27)32-34(43)36-33(29-19-47(7)46-35(29)32)37(40)45-38(44-36)50-20-39-12-8-13-48(39)18-25(41)17-39/h9-10,15-16,19,21-23,25,49H,8,12-13,17-18,20H2,1-7H3/t25-,39+/m1/s1. The summed E-state index contributed by atoms with van der Waals surface area (Å²) in [6.45, 7) is 14.4. The third-order valence-electron chi connectivity index (χ3n) is 11.4. The molecule has 268 valence electrons. The van der Waals surface area contributed by atoms with Crippen LogP contribution in [0.5, 0.6) is 11.8 Å². The Morgan fingerprint density at radius 1 is 1.06 bits per heavy atom. The number of nitrogens with zero attached hydrogens (tertiary/aromatic N) is 5. The summed E-state index contributed by atoms with van der Waals surface area (Å²) in [5.41, 5.74) is 4.59. The van der Waals surface area contributed by atoms with Crippen LogP contribution in [-0.4, -0.2) is 69.2 Å². The Morgan fingerprint density at radius 3 is 2.49 bits per heavy atom. The normalized spacial score (nSPS) is 19.6. The average molecular weight is 734 g/mol. The number of hydrogen-bond donors (Lipinski definition) is 1. The predicted molar refractivity (Wildman–Crippen MR) is 200 cm³/mol. The monoisotopic (exact) mass is 733 g/mol. The number of phenols is 1. The van der Waals surface area contributed by atoms with Crippen molar-refractivity contribution in [2.24, 2.45) is 7.05 Å². The van der Waals surface area contributed by atoms with Gasteiger partial charge in [0.15, 0.2) is 5.82 Å². The highest BCUT2D eigenvalue weighted by molar-refractivity contribution is 6.90. The molecular formula is C39H43ClF3N5O2Si. The van der Waals surface area contributed by atoms with E-state index in [1.807, 2.05) is 0 Å². The van der Waals surface area contributed by atoms with E-state index in [0.29, 0.717) is 45.7 Å². The lowest BCUT2D eigenvalue weighted by molar-refractivity contribution is 0.107. The number of aryl methyl sites for hydroxylation is 1. The van der Waals surface area contributed by atoms with Crippen molar-refractivity contribution in [3.05, 3.63) is 52.8 Å². The van der Waals surface area contributed by atoms with Crippen molar-refractivity contribution in [3.8, 4) is 34.4 Å². The van der Waals surface area contributed by atoms with E-state index in [0.717, 1.165) is 19.4 Å². The van der Waals surface area contributed by atoms with Gasteiger partial charge in [0.25, 0.3) is 0 Å². The van der Waals surface area contributed by atoms with Crippen LogP contribution in [0.25, 0.3) is 43.7 Å². The lowest BCUT2D eigenvalue weighted by Gasteiger charge is -2.38. The van der Waals surface area contributed by atoms with Gasteiger partial charge in [-0.2, -0.15) is 15.1 Å². The van der Waals surface area contributed by atoms with Crippen molar-refractivity contribution in [2.75, 3.05) is 19.7 Å².